The molecule has 1 aromatic heterocycles. The molecule has 3 aliphatic rings. The van der Waals surface area contributed by atoms with E-state index in [4.69, 9.17) is 4.74 Å². The third kappa shape index (κ3) is 2.81. The van der Waals surface area contributed by atoms with Crippen LogP contribution in [0.5, 0.6) is 0 Å². The van der Waals surface area contributed by atoms with E-state index in [1.807, 2.05) is 24.3 Å². The molecule has 1 saturated heterocycles. The maximum absolute atomic E-state index is 13.0. The number of likely N-dealkylation sites (tertiary alicyclic amines) is 1. The fourth-order valence-electron chi connectivity index (χ4n) is 4.72. The van der Waals surface area contributed by atoms with Gasteiger partial charge in [0, 0.05) is 23.9 Å². The lowest BCUT2D eigenvalue weighted by atomic mass is 9.97. The van der Waals surface area contributed by atoms with Gasteiger partial charge < -0.3 is 9.84 Å². The second-order valence-corrected chi connectivity index (χ2v) is 8.02. The van der Waals surface area contributed by atoms with Gasteiger partial charge in [0.15, 0.2) is 5.82 Å². The Morgan fingerprint density at radius 1 is 1.19 bits per heavy atom. The number of ether oxygens (including phenoxy) is 1. The van der Waals surface area contributed by atoms with Crippen LogP contribution in [0.1, 0.15) is 31.0 Å². The molecule has 0 bridgehead atoms. The van der Waals surface area contributed by atoms with Gasteiger partial charge in [0.1, 0.15) is 0 Å². The van der Waals surface area contributed by atoms with Crippen molar-refractivity contribution in [2.45, 2.75) is 32.5 Å². The van der Waals surface area contributed by atoms with Crippen molar-refractivity contribution in [1.82, 2.24) is 14.9 Å². The van der Waals surface area contributed by atoms with Gasteiger partial charge >= 0.3 is 6.09 Å². The normalized spacial score (nSPS) is 25.6. The maximum Gasteiger partial charge on any atom is 0.414 e. The van der Waals surface area contributed by atoms with E-state index < -0.39 is 24.3 Å². The van der Waals surface area contributed by atoms with E-state index in [9.17, 15) is 19.5 Å². The van der Waals surface area contributed by atoms with E-state index in [1.54, 1.807) is 13.8 Å². The lowest BCUT2D eigenvalue weighted by Gasteiger charge is -2.24. The van der Waals surface area contributed by atoms with Crippen molar-refractivity contribution in [3.05, 3.63) is 77.0 Å². The van der Waals surface area contributed by atoms with Crippen LogP contribution in [0.2, 0.25) is 0 Å². The highest BCUT2D eigenvalue weighted by Gasteiger charge is 2.52. The average Bonchev–Trinajstić information content (AvgIpc) is 3.36. The number of amides is 3. The first-order valence-corrected chi connectivity index (χ1v) is 10.2. The Balaban J connectivity index is 1.50. The average molecular weight is 432 g/mol. The van der Waals surface area contributed by atoms with Gasteiger partial charge in [0.05, 0.1) is 24.1 Å². The minimum absolute atomic E-state index is 0.262. The van der Waals surface area contributed by atoms with Crippen LogP contribution in [0.15, 0.2) is 65.8 Å². The zero-order chi connectivity index (χ0) is 22.6. The summed E-state index contributed by atoms with van der Waals surface area (Å²) in [5, 5.41) is 9.72. The maximum atomic E-state index is 13.0. The predicted molar refractivity (Wildman–Crippen MR) is 112 cm³/mol. The van der Waals surface area contributed by atoms with E-state index in [0.717, 1.165) is 16.0 Å². The number of hydrogen-bond acceptors (Lipinski definition) is 6. The molecule has 9 nitrogen and oxygen atoms in total. The molecule has 1 aliphatic carbocycles. The number of hydrogen-bond donors (Lipinski definition) is 1. The summed E-state index contributed by atoms with van der Waals surface area (Å²) in [5.74, 6) is -0.880. The predicted octanol–water partition coefficient (Wildman–Crippen LogP) is 2.82. The Bertz CT molecular complexity index is 1210. The summed E-state index contributed by atoms with van der Waals surface area (Å²) in [6.45, 7) is 3.48. The second kappa shape index (κ2) is 7.30. The Morgan fingerprint density at radius 2 is 1.97 bits per heavy atom. The quantitative estimate of drug-likeness (QED) is 0.586. The van der Waals surface area contributed by atoms with E-state index in [2.05, 4.69) is 9.97 Å². The molecule has 1 fully saturated rings. The zero-order valence-electron chi connectivity index (χ0n) is 17.4. The highest BCUT2D eigenvalue weighted by Crippen LogP contribution is 2.49. The number of imide groups is 1. The third-order valence-electron chi connectivity index (χ3n) is 6.40. The number of nitrogens with zero attached hydrogens (tertiary/aromatic N) is 4. The van der Waals surface area contributed by atoms with E-state index in [0.29, 0.717) is 23.4 Å². The van der Waals surface area contributed by atoms with Gasteiger partial charge in [0.25, 0.3) is 11.8 Å². The fraction of sp³-hybridized carbons (Fsp3) is 0.261. The molecule has 3 heterocycles. The molecule has 0 radical (unpaired) electrons. The first-order chi connectivity index (χ1) is 15.4. The first-order valence-electron chi connectivity index (χ1n) is 10.2. The third-order valence-corrected chi connectivity index (χ3v) is 6.40. The molecule has 3 amide bonds. The number of benzene rings is 1. The largest absolute Gasteiger partial charge is 0.473 e. The number of anilines is 1. The molecule has 1 N–H and O–H groups in total. The summed E-state index contributed by atoms with van der Waals surface area (Å²) in [4.78, 5) is 48.2. The highest BCUT2D eigenvalue weighted by atomic mass is 16.5. The van der Waals surface area contributed by atoms with Crippen molar-refractivity contribution in [2.24, 2.45) is 5.92 Å². The Kier molecular flexibility index (Phi) is 4.54. The van der Waals surface area contributed by atoms with Crippen molar-refractivity contribution >= 4 is 23.7 Å². The Labute approximate surface area is 183 Å². The molecule has 0 saturated carbocycles. The SMILES string of the molecule is CC1=C(C)C(OC=C2C(=O)N(C(=O)O)C3c4ccccc4CC23)N(c2cnccn2)C1=O. The molecule has 9 heteroatoms. The van der Waals surface area contributed by atoms with E-state index in [-0.39, 0.29) is 17.4 Å². The van der Waals surface area contributed by atoms with Crippen LogP contribution in [-0.2, 0) is 20.7 Å². The number of carbonyl (C=O) groups is 3. The van der Waals surface area contributed by atoms with Crippen LogP contribution < -0.4 is 4.90 Å². The Morgan fingerprint density at radius 3 is 2.69 bits per heavy atom. The summed E-state index contributed by atoms with van der Waals surface area (Å²) in [6.07, 6.45) is 4.20. The van der Waals surface area contributed by atoms with Crippen LogP contribution >= 0.6 is 0 Å². The van der Waals surface area contributed by atoms with Gasteiger partial charge in [-0.1, -0.05) is 24.3 Å². The van der Waals surface area contributed by atoms with Crippen molar-refractivity contribution in [2.75, 3.05) is 4.90 Å². The van der Waals surface area contributed by atoms with Crippen molar-refractivity contribution in [1.29, 1.82) is 0 Å². The van der Waals surface area contributed by atoms with Gasteiger partial charge in [0.2, 0.25) is 6.23 Å². The van der Waals surface area contributed by atoms with Crippen LogP contribution in [-0.4, -0.2) is 44.1 Å². The minimum Gasteiger partial charge on any atom is -0.473 e. The van der Waals surface area contributed by atoms with Crippen LogP contribution in [0.4, 0.5) is 10.6 Å². The lowest BCUT2D eigenvalue weighted by molar-refractivity contribution is -0.124. The van der Waals surface area contributed by atoms with Gasteiger partial charge in [-0.2, -0.15) is 0 Å². The second-order valence-electron chi connectivity index (χ2n) is 8.02. The molecule has 3 atom stereocenters. The Hall–Kier alpha value is -4.01. The summed E-state index contributed by atoms with van der Waals surface area (Å²) in [7, 11) is 0. The van der Waals surface area contributed by atoms with Gasteiger partial charge in [-0.15, -0.1) is 0 Å². The topological polar surface area (TPSA) is 113 Å². The highest BCUT2D eigenvalue weighted by molar-refractivity contribution is 6.09. The molecule has 3 unspecified atom stereocenters. The van der Waals surface area contributed by atoms with Crippen LogP contribution in [0.25, 0.3) is 0 Å². The van der Waals surface area contributed by atoms with Gasteiger partial charge in [-0.05, 0) is 37.0 Å². The van der Waals surface area contributed by atoms with Crippen molar-refractivity contribution < 1.29 is 24.2 Å². The van der Waals surface area contributed by atoms with Gasteiger partial charge in [-0.25, -0.2) is 14.7 Å². The lowest BCUT2D eigenvalue weighted by Crippen LogP contribution is -2.37. The first kappa shape index (κ1) is 19.9. The van der Waals surface area contributed by atoms with Crippen molar-refractivity contribution in [3.63, 3.8) is 0 Å². The molecule has 162 valence electrons. The summed E-state index contributed by atoms with van der Waals surface area (Å²) in [6, 6.07) is 6.95. The van der Waals surface area contributed by atoms with Crippen LogP contribution in [0, 0.1) is 5.92 Å². The number of aromatic nitrogens is 2. The molecular weight excluding hydrogens is 412 g/mol. The standard InChI is InChI=1S/C23H20N4O5/c1-12-13(2)22(26(20(12)28)18-10-24-7-8-25-18)32-11-17-16-9-14-5-3-4-6-15(14)19(16)27(21(17)29)23(30)31/h3-8,10-11,16,19,22H,9H2,1-2H3,(H,30,31). The smallest absolute Gasteiger partial charge is 0.414 e. The molecule has 32 heavy (non-hydrogen) atoms. The molecule has 2 aromatic rings. The number of carboxylic acid groups (broad SMARTS) is 1. The molecule has 5 rings (SSSR count). The zero-order valence-corrected chi connectivity index (χ0v) is 17.4. The fourth-order valence-corrected chi connectivity index (χ4v) is 4.72. The van der Waals surface area contributed by atoms with E-state index >= 15 is 0 Å². The minimum atomic E-state index is -1.30. The van der Waals surface area contributed by atoms with Crippen LogP contribution in [0.3, 0.4) is 0 Å². The summed E-state index contributed by atoms with van der Waals surface area (Å²) >= 11 is 0. The molecular formula is C23H20N4O5. The number of carbonyl (C=O) groups excluding carboxylic acids is 2. The number of rotatable bonds is 3. The summed E-state index contributed by atoms with van der Waals surface area (Å²) < 4.78 is 5.99. The summed E-state index contributed by atoms with van der Waals surface area (Å²) in [5.41, 5.74) is 3.33. The monoisotopic (exact) mass is 432 g/mol. The molecule has 0 spiro atoms. The van der Waals surface area contributed by atoms with Crippen molar-refractivity contribution in [3.8, 4) is 0 Å². The molecule has 1 aromatic carbocycles. The van der Waals surface area contributed by atoms with Gasteiger partial charge in [-0.3, -0.25) is 19.5 Å². The van der Waals surface area contributed by atoms with E-state index in [1.165, 1.54) is 29.8 Å². The molecule has 2 aliphatic heterocycles. The number of fused-ring (bicyclic) bond motifs is 3.